The average Bonchev–Trinajstić information content (AvgIpc) is 3.00. The number of rotatable bonds is 22. The highest BCUT2D eigenvalue weighted by atomic mass is 28.4. The number of aliphatic hydroxyl groups is 1. The molecule has 1 rings (SSSR count). The van der Waals surface area contributed by atoms with Gasteiger partial charge in [-0.3, -0.25) is 0 Å². The molecule has 0 bridgehead atoms. The van der Waals surface area contributed by atoms with E-state index in [-0.39, 0.29) is 41.8 Å². The highest BCUT2D eigenvalue weighted by Crippen LogP contribution is 2.51. The van der Waals surface area contributed by atoms with E-state index in [1.165, 1.54) is 0 Å². The van der Waals surface area contributed by atoms with Crippen LogP contribution >= 0.6 is 0 Å². The summed E-state index contributed by atoms with van der Waals surface area (Å²) in [5, 5.41) is 11.0. The molecule has 12 heteroatoms. The van der Waals surface area contributed by atoms with Crippen molar-refractivity contribution in [3.8, 4) is 0 Å². The fourth-order valence-electron chi connectivity index (χ4n) is 7.71. The molecule has 0 spiro atoms. The molecule has 55 heavy (non-hydrogen) atoms. The van der Waals surface area contributed by atoms with Crippen molar-refractivity contribution < 1.29 is 37.3 Å². The van der Waals surface area contributed by atoms with Crippen molar-refractivity contribution in [2.75, 3.05) is 33.7 Å². The molecule has 1 aliphatic heterocycles. The summed E-state index contributed by atoms with van der Waals surface area (Å²) in [6.45, 7) is 51.2. The topological polar surface area (TPSA) is 84.8 Å². The molecule has 0 aliphatic carbocycles. The Labute approximate surface area is 345 Å². The fraction of sp³-hybridized carbons (Fsp3) is 0.953. The molecule has 0 saturated carbocycles. The van der Waals surface area contributed by atoms with E-state index in [0.717, 1.165) is 11.6 Å². The van der Waals surface area contributed by atoms with E-state index in [1.54, 1.807) is 7.11 Å². The van der Waals surface area contributed by atoms with Gasteiger partial charge in [0.15, 0.2) is 16.6 Å². The Bertz CT molecular complexity index is 1160. The maximum Gasteiger partial charge on any atom is 0.205 e. The summed E-state index contributed by atoms with van der Waals surface area (Å²) >= 11 is 0. The van der Waals surface area contributed by atoms with Gasteiger partial charge in [-0.25, -0.2) is 0 Å². The first-order valence-electron chi connectivity index (χ1n) is 21.4. The van der Waals surface area contributed by atoms with Crippen molar-refractivity contribution in [3.63, 3.8) is 0 Å². The van der Waals surface area contributed by atoms with Gasteiger partial charge in [0.2, 0.25) is 14.1 Å². The van der Waals surface area contributed by atoms with Gasteiger partial charge in [0.05, 0.1) is 31.5 Å². The Balaban J connectivity index is 3.91. The Hall–Kier alpha value is 0.288. The highest BCUT2D eigenvalue weighted by Gasteiger charge is 2.60. The van der Waals surface area contributed by atoms with Crippen LogP contribution in [0.1, 0.15) is 117 Å². The van der Waals surface area contributed by atoms with Gasteiger partial charge in [-0.2, -0.15) is 0 Å². The fourth-order valence-corrected chi connectivity index (χ4v) is 16.5. The lowest BCUT2D eigenvalue weighted by Crippen LogP contribution is -2.66. The maximum absolute atomic E-state index is 11.1. The number of hydrogen-bond acceptors (Lipinski definition) is 8. The standard InChI is InChI=1S/C43H92O8Si4/c1-32(2)55(33(3)4,34(5)6)48-25-24-36-28-37(49-43(45-16,42(14,15)30-44)39(36)51-54(22,23)41(11,12)13)29-38(47-31-46-26-27-52(17,18)19)35(7)50-53(20,21)40(8,9)10/h24,32-35,37-39,44H,25-31H2,1-23H3/b36-24+/t35-,37+,38-,39+,43-/m1/s1. The largest absolute Gasteiger partial charge is 0.412 e. The van der Waals surface area contributed by atoms with Crippen LogP contribution in [0.4, 0.5) is 0 Å². The molecule has 8 nitrogen and oxygen atoms in total. The van der Waals surface area contributed by atoms with E-state index in [1.807, 2.05) is 13.8 Å². The van der Waals surface area contributed by atoms with Crippen LogP contribution in [0.2, 0.25) is 78.6 Å². The maximum atomic E-state index is 11.1. The van der Waals surface area contributed by atoms with Crippen molar-refractivity contribution in [2.45, 2.75) is 225 Å². The zero-order valence-corrected chi connectivity index (χ0v) is 44.4. The second-order valence-electron chi connectivity index (χ2n) is 22.4. The Morgan fingerprint density at radius 2 is 1.33 bits per heavy atom. The van der Waals surface area contributed by atoms with Crippen LogP contribution in [0.3, 0.4) is 0 Å². The first kappa shape index (κ1) is 53.3. The second-order valence-corrected chi connectivity index (χ2v) is 43.0. The lowest BCUT2D eigenvalue weighted by atomic mass is 9.75. The van der Waals surface area contributed by atoms with Crippen LogP contribution in [0, 0.1) is 5.41 Å². The van der Waals surface area contributed by atoms with Crippen LogP contribution in [-0.2, 0) is 32.2 Å². The van der Waals surface area contributed by atoms with E-state index >= 15 is 0 Å². The van der Waals surface area contributed by atoms with Crippen LogP contribution in [0.5, 0.6) is 0 Å². The summed E-state index contributed by atoms with van der Waals surface area (Å²) in [7, 11) is -6.22. The minimum absolute atomic E-state index is 0.0437. The number of hydrogen-bond donors (Lipinski definition) is 1. The van der Waals surface area contributed by atoms with Crippen LogP contribution in [-0.4, -0.2) is 102 Å². The van der Waals surface area contributed by atoms with Crippen molar-refractivity contribution in [1.29, 1.82) is 0 Å². The zero-order valence-electron chi connectivity index (χ0n) is 40.4. The summed E-state index contributed by atoms with van der Waals surface area (Å²) in [6, 6.07) is 1.08. The lowest BCUT2D eigenvalue weighted by Gasteiger charge is -2.56. The third kappa shape index (κ3) is 13.6. The molecule has 1 fully saturated rings. The second kappa shape index (κ2) is 20.2. The van der Waals surface area contributed by atoms with E-state index in [4.69, 9.17) is 32.2 Å². The van der Waals surface area contributed by atoms with Gasteiger partial charge in [-0.05, 0) is 77.8 Å². The van der Waals surface area contributed by atoms with Crippen LogP contribution in [0.15, 0.2) is 11.6 Å². The van der Waals surface area contributed by atoms with E-state index in [0.29, 0.717) is 42.7 Å². The molecule has 1 aliphatic rings. The zero-order chi connectivity index (χ0) is 43.2. The van der Waals surface area contributed by atoms with Crippen molar-refractivity contribution in [1.82, 2.24) is 0 Å². The molecule has 1 saturated heterocycles. The van der Waals surface area contributed by atoms with Crippen molar-refractivity contribution >= 4 is 33.0 Å². The predicted octanol–water partition coefficient (Wildman–Crippen LogP) is 12.1. The minimum atomic E-state index is -2.38. The van der Waals surface area contributed by atoms with Crippen LogP contribution in [0.25, 0.3) is 0 Å². The average molecular weight is 850 g/mol. The molecule has 0 radical (unpaired) electrons. The lowest BCUT2D eigenvalue weighted by molar-refractivity contribution is -0.348. The molecule has 0 unspecified atom stereocenters. The molecule has 1 N–H and O–H groups in total. The summed E-state index contributed by atoms with van der Waals surface area (Å²) in [5.74, 6) is -1.28. The Morgan fingerprint density at radius 3 is 1.75 bits per heavy atom. The van der Waals surface area contributed by atoms with Crippen molar-refractivity contribution in [3.05, 3.63) is 11.6 Å². The van der Waals surface area contributed by atoms with Gasteiger partial charge >= 0.3 is 0 Å². The number of aliphatic hydroxyl groups excluding tert-OH is 1. The first-order chi connectivity index (χ1) is 24.7. The van der Waals surface area contributed by atoms with Crippen molar-refractivity contribution in [2.24, 2.45) is 5.41 Å². The molecule has 0 aromatic heterocycles. The molecule has 0 amide bonds. The van der Waals surface area contributed by atoms with Gasteiger partial charge in [0, 0.05) is 33.6 Å². The summed E-state index contributed by atoms with van der Waals surface area (Å²) < 4.78 is 48.2. The van der Waals surface area contributed by atoms with Gasteiger partial charge < -0.3 is 37.3 Å². The molecule has 5 atom stereocenters. The molecule has 0 aromatic rings. The smallest absolute Gasteiger partial charge is 0.205 e. The number of methoxy groups -OCH3 is 1. The third-order valence-corrected chi connectivity index (χ3v) is 30.2. The van der Waals surface area contributed by atoms with Gasteiger partial charge in [-0.1, -0.05) is 123 Å². The van der Waals surface area contributed by atoms with E-state index < -0.39 is 50.3 Å². The van der Waals surface area contributed by atoms with Gasteiger partial charge in [-0.15, -0.1) is 0 Å². The SMILES string of the molecule is CO[C@@]1(C(C)(C)CO)O[C@H](C[C@@H](OCOCC[Si](C)(C)C)[C@@H](C)O[Si](C)(C)C(C)(C)C)C/C(=C\CO[Si](C(C)C)(C(C)C)C(C)C)[C@@H]1O[Si](C)(C)C(C)(C)C. The summed E-state index contributed by atoms with van der Waals surface area (Å²) in [5.41, 5.74) is 1.68. The molecule has 1 heterocycles. The first-order valence-corrected chi connectivity index (χ1v) is 33.1. The predicted molar refractivity (Wildman–Crippen MR) is 243 cm³/mol. The summed E-state index contributed by atoms with van der Waals surface area (Å²) in [6.07, 6.45) is 2.12. The van der Waals surface area contributed by atoms with Crippen LogP contribution < -0.4 is 0 Å². The highest BCUT2D eigenvalue weighted by molar-refractivity contribution is 6.77. The van der Waals surface area contributed by atoms with Gasteiger partial charge in [0.25, 0.3) is 0 Å². The van der Waals surface area contributed by atoms with Gasteiger partial charge in [0.1, 0.15) is 12.9 Å². The molecular formula is C43H92O8Si4. The Kier molecular flexibility index (Phi) is 19.6. The number of ether oxygens (including phenoxy) is 4. The normalized spacial score (nSPS) is 23.4. The monoisotopic (exact) mass is 849 g/mol. The van der Waals surface area contributed by atoms with E-state index in [9.17, 15) is 5.11 Å². The molecular weight excluding hydrogens is 757 g/mol. The third-order valence-electron chi connectivity index (χ3n) is 13.4. The quantitative estimate of drug-likeness (QED) is 0.0499. The Morgan fingerprint density at radius 1 is 0.818 bits per heavy atom. The van der Waals surface area contributed by atoms with E-state index in [2.05, 4.69) is 142 Å². The summed E-state index contributed by atoms with van der Waals surface area (Å²) in [4.78, 5) is 0. The molecule has 0 aromatic carbocycles. The molecule has 328 valence electrons. The minimum Gasteiger partial charge on any atom is -0.412 e.